The zero-order valence-electron chi connectivity index (χ0n) is 53.7. The van der Waals surface area contributed by atoms with Crippen molar-refractivity contribution in [3.05, 3.63) is 134 Å². The van der Waals surface area contributed by atoms with Gasteiger partial charge in [-0.3, -0.25) is 13.8 Å². The molecular formula is C73H128N2O6P+. The summed E-state index contributed by atoms with van der Waals surface area (Å²) in [6.07, 6.45) is 94.5. The fraction of sp³-hybridized carbons (Fsp3) is 0.685. The third-order valence-electron chi connectivity index (χ3n) is 14.3. The first-order chi connectivity index (χ1) is 40.0. The second-order valence-corrected chi connectivity index (χ2v) is 24.9. The molecule has 470 valence electrons. The van der Waals surface area contributed by atoms with E-state index in [1.807, 2.05) is 27.2 Å². The average molecular weight is 1160 g/mol. The molecule has 0 bridgehead atoms. The van der Waals surface area contributed by atoms with Gasteiger partial charge in [-0.1, -0.05) is 289 Å². The standard InChI is InChI=1S/C73H127N2O6P/c1-6-8-10-12-14-16-18-20-22-24-26-27-28-29-30-31-32-33-34-35-36-37-38-39-40-41-42-43-44-45-46-47-49-51-53-55-57-59-61-63-65-67-73(77)74-71(70-81-82(78,79)80-69-68-75(3,4)5)72(76)66-64-62-60-58-56-54-52-50-48-25-23-21-19-17-15-13-11-9-7-2/h8,10,14,16,20,22,26-27,29-30,32-33,35-36,38-39,48,50,56,58,64,66,71-72,76H,6-7,9,11-13,15,17-19,21,23-25,28,31,34,37,40-47,49,51-55,57,59-63,65,67-70H2,1-5H3,(H-,74,77,78,79)/p+1/b10-8-,16-14-,22-20-,27-26-,30-29-,33-32-,36-35-,39-38-,50-48+,58-56+,66-64+. The van der Waals surface area contributed by atoms with Gasteiger partial charge in [0.1, 0.15) is 13.2 Å². The number of phosphoric acid groups is 1. The maximum Gasteiger partial charge on any atom is 0.472 e. The summed E-state index contributed by atoms with van der Waals surface area (Å²) in [5.41, 5.74) is 0. The van der Waals surface area contributed by atoms with Gasteiger partial charge >= 0.3 is 7.82 Å². The van der Waals surface area contributed by atoms with E-state index < -0.39 is 20.0 Å². The summed E-state index contributed by atoms with van der Waals surface area (Å²) in [4.78, 5) is 23.4. The van der Waals surface area contributed by atoms with Gasteiger partial charge in [-0.2, -0.15) is 0 Å². The Morgan fingerprint density at radius 1 is 0.427 bits per heavy atom. The lowest BCUT2D eigenvalue weighted by atomic mass is 10.0. The monoisotopic (exact) mass is 1160 g/mol. The second-order valence-electron chi connectivity index (χ2n) is 23.4. The van der Waals surface area contributed by atoms with E-state index in [0.717, 1.165) is 96.3 Å². The third-order valence-corrected chi connectivity index (χ3v) is 15.3. The number of carbonyl (C=O) groups is 1. The molecule has 0 fully saturated rings. The number of unbranched alkanes of at least 4 members (excludes halogenated alkanes) is 27. The van der Waals surface area contributed by atoms with Crippen LogP contribution in [-0.2, 0) is 18.4 Å². The molecule has 0 aliphatic rings. The molecule has 0 radical (unpaired) electrons. The van der Waals surface area contributed by atoms with Crippen molar-refractivity contribution in [3.63, 3.8) is 0 Å². The largest absolute Gasteiger partial charge is 0.472 e. The molecule has 0 rings (SSSR count). The molecule has 3 unspecified atom stereocenters. The predicted molar refractivity (Wildman–Crippen MR) is 359 cm³/mol. The van der Waals surface area contributed by atoms with Crippen molar-refractivity contribution in [2.24, 2.45) is 0 Å². The summed E-state index contributed by atoms with van der Waals surface area (Å²) >= 11 is 0. The van der Waals surface area contributed by atoms with Crippen LogP contribution in [0.3, 0.4) is 0 Å². The molecule has 0 aliphatic heterocycles. The SMILES string of the molecule is CC/C=C\C/C=C\C/C=C\C/C=C\C/C=C\C/C=C\C/C=C\C/C=C\CCCCCCCCCCCCCCCCCCC(=O)NC(COP(=O)(O)OCC[N+](C)(C)C)C(O)/C=C/CC/C=C/CC/C=C/CCCCCCCCCCC. The Labute approximate surface area is 506 Å². The summed E-state index contributed by atoms with van der Waals surface area (Å²) in [5.74, 6) is -0.193. The van der Waals surface area contributed by atoms with Crippen LogP contribution < -0.4 is 5.32 Å². The molecule has 1 amide bonds. The lowest BCUT2D eigenvalue weighted by molar-refractivity contribution is -0.870. The van der Waals surface area contributed by atoms with Crippen molar-refractivity contribution in [1.29, 1.82) is 0 Å². The van der Waals surface area contributed by atoms with Gasteiger partial charge < -0.3 is 19.8 Å². The van der Waals surface area contributed by atoms with E-state index in [0.29, 0.717) is 17.4 Å². The van der Waals surface area contributed by atoms with Crippen molar-refractivity contribution in [2.45, 2.75) is 283 Å². The first kappa shape index (κ1) is 78.6. The van der Waals surface area contributed by atoms with Crippen molar-refractivity contribution in [3.8, 4) is 0 Å². The lowest BCUT2D eigenvalue weighted by Crippen LogP contribution is -2.45. The van der Waals surface area contributed by atoms with Crippen molar-refractivity contribution < 1.29 is 32.9 Å². The zero-order valence-corrected chi connectivity index (χ0v) is 54.6. The lowest BCUT2D eigenvalue weighted by Gasteiger charge is -2.25. The van der Waals surface area contributed by atoms with Gasteiger partial charge in [0, 0.05) is 6.42 Å². The number of carbonyl (C=O) groups excluding carboxylic acids is 1. The minimum absolute atomic E-state index is 0.0491. The molecule has 9 heteroatoms. The van der Waals surface area contributed by atoms with Crippen LogP contribution >= 0.6 is 7.82 Å². The van der Waals surface area contributed by atoms with E-state index in [9.17, 15) is 19.4 Å². The quantitative estimate of drug-likeness (QED) is 0.0243. The van der Waals surface area contributed by atoms with Crippen molar-refractivity contribution in [1.82, 2.24) is 5.32 Å². The first-order valence-corrected chi connectivity index (χ1v) is 35.1. The van der Waals surface area contributed by atoms with E-state index in [1.54, 1.807) is 6.08 Å². The van der Waals surface area contributed by atoms with Gasteiger partial charge in [0.25, 0.3) is 0 Å². The van der Waals surface area contributed by atoms with Gasteiger partial charge in [0.05, 0.1) is 39.9 Å². The molecule has 3 N–H and O–H groups in total. The van der Waals surface area contributed by atoms with E-state index in [2.05, 4.69) is 141 Å². The minimum atomic E-state index is -4.37. The van der Waals surface area contributed by atoms with E-state index in [-0.39, 0.29) is 19.1 Å². The van der Waals surface area contributed by atoms with Gasteiger partial charge in [-0.25, -0.2) is 4.57 Å². The summed E-state index contributed by atoms with van der Waals surface area (Å²) in [5, 5.41) is 13.9. The number of quaternary nitrogens is 1. The normalized spacial score (nSPS) is 14.6. The molecule has 0 heterocycles. The molecule has 0 aromatic carbocycles. The number of phosphoric ester groups is 1. The van der Waals surface area contributed by atoms with Crippen molar-refractivity contribution in [2.75, 3.05) is 40.9 Å². The predicted octanol–water partition coefficient (Wildman–Crippen LogP) is 21.4. The highest BCUT2D eigenvalue weighted by Gasteiger charge is 2.27. The smallest absolute Gasteiger partial charge is 0.387 e. The Kier molecular flexibility index (Phi) is 59.6. The molecule has 0 saturated carbocycles. The summed E-state index contributed by atoms with van der Waals surface area (Å²) in [6, 6.07) is -0.877. The maximum absolute atomic E-state index is 13.0. The minimum Gasteiger partial charge on any atom is -0.387 e. The van der Waals surface area contributed by atoms with E-state index in [4.69, 9.17) is 9.05 Å². The van der Waals surface area contributed by atoms with Gasteiger partial charge in [-0.05, 0) is 109 Å². The van der Waals surface area contributed by atoms with E-state index in [1.165, 1.54) is 154 Å². The van der Waals surface area contributed by atoms with Crippen LogP contribution in [0.15, 0.2) is 134 Å². The number of amides is 1. The van der Waals surface area contributed by atoms with Crippen LogP contribution in [0, 0.1) is 0 Å². The Morgan fingerprint density at radius 2 is 0.744 bits per heavy atom. The zero-order chi connectivity index (χ0) is 59.8. The average Bonchev–Trinajstić information content (AvgIpc) is 3.47. The van der Waals surface area contributed by atoms with Gasteiger partial charge in [0.15, 0.2) is 0 Å². The van der Waals surface area contributed by atoms with Crippen LogP contribution in [0.1, 0.15) is 271 Å². The second kappa shape index (κ2) is 62.2. The van der Waals surface area contributed by atoms with Crippen LogP contribution in [-0.4, -0.2) is 73.4 Å². The summed E-state index contributed by atoms with van der Waals surface area (Å²) < 4.78 is 23.7. The molecule has 0 aliphatic carbocycles. The fourth-order valence-corrected chi connectivity index (χ4v) is 9.89. The highest BCUT2D eigenvalue weighted by atomic mass is 31.2. The molecule has 8 nitrogen and oxygen atoms in total. The highest BCUT2D eigenvalue weighted by Crippen LogP contribution is 2.43. The number of hydrogen-bond acceptors (Lipinski definition) is 5. The highest BCUT2D eigenvalue weighted by molar-refractivity contribution is 7.47. The molecule has 0 aromatic rings. The topological polar surface area (TPSA) is 105 Å². The van der Waals surface area contributed by atoms with Crippen molar-refractivity contribution >= 4 is 13.7 Å². The Balaban J connectivity index is 4.07. The van der Waals surface area contributed by atoms with Gasteiger partial charge in [-0.15, -0.1) is 0 Å². The molecule has 0 spiro atoms. The number of nitrogens with zero attached hydrogens (tertiary/aromatic N) is 1. The first-order valence-electron chi connectivity index (χ1n) is 33.6. The molecule has 3 atom stereocenters. The Morgan fingerprint density at radius 3 is 1.12 bits per heavy atom. The summed E-state index contributed by atoms with van der Waals surface area (Å²) in [7, 11) is 1.54. The third kappa shape index (κ3) is 64.2. The Hall–Kier alpha value is -3.36. The number of aliphatic hydroxyl groups is 1. The van der Waals surface area contributed by atoms with Gasteiger partial charge in [0.2, 0.25) is 5.91 Å². The number of nitrogens with one attached hydrogen (secondary N) is 1. The fourth-order valence-electron chi connectivity index (χ4n) is 9.15. The molecular weight excluding hydrogens is 1030 g/mol. The number of rotatable bonds is 60. The number of aliphatic hydroxyl groups excluding tert-OH is 1. The maximum atomic E-state index is 13.0. The van der Waals surface area contributed by atoms with Crippen LogP contribution in [0.25, 0.3) is 0 Å². The Bertz CT molecular complexity index is 1800. The van der Waals surface area contributed by atoms with Crippen LogP contribution in [0.2, 0.25) is 0 Å². The number of likely N-dealkylation sites (N-methyl/N-ethyl adjacent to an activating group) is 1. The number of allylic oxidation sites excluding steroid dienone is 21. The molecule has 0 saturated heterocycles. The van der Waals surface area contributed by atoms with Crippen LogP contribution in [0.4, 0.5) is 0 Å². The number of hydrogen-bond donors (Lipinski definition) is 3. The summed E-state index contributed by atoms with van der Waals surface area (Å²) in [6.45, 7) is 4.67. The molecule has 0 aromatic heterocycles. The molecule has 82 heavy (non-hydrogen) atoms. The van der Waals surface area contributed by atoms with E-state index >= 15 is 0 Å². The van der Waals surface area contributed by atoms with Crippen LogP contribution in [0.5, 0.6) is 0 Å².